The summed E-state index contributed by atoms with van der Waals surface area (Å²) in [4.78, 5) is 20.9. The molecule has 24 heavy (non-hydrogen) atoms. The van der Waals surface area contributed by atoms with E-state index < -0.39 is 23.6 Å². The van der Waals surface area contributed by atoms with Gasteiger partial charge in [0.05, 0.1) is 0 Å². The molecular weight excluding hydrogens is 325 g/mol. The van der Waals surface area contributed by atoms with Crippen LogP contribution in [-0.2, 0) is 10.9 Å². The third-order valence-electron chi connectivity index (χ3n) is 3.43. The molecule has 2 rings (SSSR count). The molecule has 1 aliphatic rings. The van der Waals surface area contributed by atoms with Crippen molar-refractivity contribution in [2.24, 2.45) is 0 Å². The van der Waals surface area contributed by atoms with E-state index >= 15 is 0 Å². The number of piperidine rings is 1. The molecule has 0 atom stereocenters. The van der Waals surface area contributed by atoms with Gasteiger partial charge >= 0.3 is 12.3 Å². The minimum atomic E-state index is -4.49. The van der Waals surface area contributed by atoms with E-state index in [1.807, 2.05) is 0 Å². The van der Waals surface area contributed by atoms with Gasteiger partial charge in [-0.3, -0.25) is 0 Å². The van der Waals surface area contributed by atoms with E-state index in [0.29, 0.717) is 25.9 Å². The second kappa shape index (κ2) is 6.82. The van der Waals surface area contributed by atoms with Crippen LogP contribution in [0.2, 0.25) is 0 Å². The molecule has 2 heterocycles. The second-order valence-electron chi connectivity index (χ2n) is 6.65. The number of rotatable bonds is 2. The average molecular weight is 346 g/mol. The summed E-state index contributed by atoms with van der Waals surface area (Å²) >= 11 is 0. The van der Waals surface area contributed by atoms with Crippen LogP contribution in [0.3, 0.4) is 0 Å². The van der Waals surface area contributed by atoms with E-state index in [2.05, 4.69) is 15.3 Å². The highest BCUT2D eigenvalue weighted by molar-refractivity contribution is 5.68. The summed E-state index contributed by atoms with van der Waals surface area (Å²) in [7, 11) is 0. The molecule has 1 aromatic heterocycles. The Balaban J connectivity index is 1.90. The topological polar surface area (TPSA) is 67.3 Å². The number of carbonyl (C=O) groups is 1. The number of alkyl carbamates (subject to hydrolysis) is 1. The fourth-order valence-corrected chi connectivity index (χ4v) is 2.36. The summed E-state index contributed by atoms with van der Waals surface area (Å²) in [5.74, 6) is 0.0561. The molecule has 1 N–H and O–H groups in total. The van der Waals surface area contributed by atoms with Crippen molar-refractivity contribution >= 4 is 12.0 Å². The standard InChI is InChI=1S/C15H21F3N4O2/c1-14(2,3)24-13(23)20-10-5-8-22(9-6-10)12-19-7-4-11(21-12)15(16,17)18/h4,7,10H,5-6,8-9H2,1-3H3,(H,20,23). The Morgan fingerprint density at radius 1 is 1.29 bits per heavy atom. The van der Waals surface area contributed by atoms with E-state index in [9.17, 15) is 18.0 Å². The van der Waals surface area contributed by atoms with E-state index in [1.165, 1.54) is 0 Å². The highest BCUT2D eigenvalue weighted by atomic mass is 19.4. The third-order valence-corrected chi connectivity index (χ3v) is 3.43. The number of amides is 1. The zero-order valence-electron chi connectivity index (χ0n) is 13.9. The number of nitrogens with zero attached hydrogens (tertiary/aromatic N) is 3. The molecule has 0 saturated carbocycles. The van der Waals surface area contributed by atoms with Gasteiger partial charge in [-0.1, -0.05) is 0 Å². The molecule has 1 saturated heterocycles. The molecule has 0 aromatic carbocycles. The summed E-state index contributed by atoms with van der Waals surface area (Å²) in [6, 6.07) is 0.766. The van der Waals surface area contributed by atoms with Gasteiger partial charge in [0.1, 0.15) is 11.3 Å². The Bertz CT molecular complexity index is 579. The van der Waals surface area contributed by atoms with Crippen LogP contribution in [0, 0.1) is 0 Å². The van der Waals surface area contributed by atoms with E-state index in [-0.39, 0.29) is 12.0 Å². The van der Waals surface area contributed by atoms with Crippen LogP contribution in [0.5, 0.6) is 0 Å². The van der Waals surface area contributed by atoms with Gasteiger partial charge in [-0.15, -0.1) is 0 Å². The van der Waals surface area contributed by atoms with Crippen LogP contribution in [0.4, 0.5) is 23.9 Å². The van der Waals surface area contributed by atoms with Crippen molar-refractivity contribution in [3.05, 3.63) is 18.0 Å². The number of ether oxygens (including phenoxy) is 1. The van der Waals surface area contributed by atoms with Crippen LogP contribution >= 0.6 is 0 Å². The fourth-order valence-electron chi connectivity index (χ4n) is 2.36. The molecule has 9 heteroatoms. The van der Waals surface area contributed by atoms with E-state index in [4.69, 9.17) is 4.74 Å². The summed E-state index contributed by atoms with van der Waals surface area (Å²) in [5, 5.41) is 2.77. The smallest absolute Gasteiger partial charge is 0.433 e. The molecular formula is C15H21F3N4O2. The molecule has 0 spiro atoms. The van der Waals surface area contributed by atoms with Gasteiger partial charge in [-0.2, -0.15) is 13.2 Å². The van der Waals surface area contributed by atoms with Crippen molar-refractivity contribution < 1.29 is 22.7 Å². The highest BCUT2D eigenvalue weighted by Gasteiger charge is 2.33. The average Bonchev–Trinajstić information content (AvgIpc) is 2.45. The number of hydrogen-bond donors (Lipinski definition) is 1. The molecule has 1 aromatic rings. The van der Waals surface area contributed by atoms with Crippen LogP contribution < -0.4 is 10.2 Å². The number of nitrogens with one attached hydrogen (secondary N) is 1. The van der Waals surface area contributed by atoms with Gasteiger partial charge < -0.3 is 15.0 Å². The Hall–Kier alpha value is -2.06. The molecule has 1 aliphatic heterocycles. The van der Waals surface area contributed by atoms with Crippen molar-refractivity contribution in [3.8, 4) is 0 Å². The second-order valence-corrected chi connectivity index (χ2v) is 6.65. The first kappa shape index (κ1) is 18.3. The van der Waals surface area contributed by atoms with Crippen LogP contribution in [0.1, 0.15) is 39.3 Å². The number of anilines is 1. The predicted molar refractivity (Wildman–Crippen MR) is 81.6 cm³/mol. The lowest BCUT2D eigenvalue weighted by Crippen LogP contribution is -2.46. The monoisotopic (exact) mass is 346 g/mol. The molecule has 1 amide bonds. The third kappa shape index (κ3) is 5.24. The summed E-state index contributed by atoms with van der Waals surface area (Å²) < 4.78 is 43.3. The molecule has 0 unspecified atom stereocenters. The molecule has 6 nitrogen and oxygen atoms in total. The Morgan fingerprint density at radius 2 is 1.92 bits per heavy atom. The first-order chi connectivity index (χ1) is 11.0. The molecule has 0 aliphatic carbocycles. The molecule has 0 radical (unpaired) electrons. The number of halogens is 3. The zero-order chi connectivity index (χ0) is 18.0. The molecule has 1 fully saturated rings. The lowest BCUT2D eigenvalue weighted by Gasteiger charge is -2.33. The molecule has 0 bridgehead atoms. The van der Waals surface area contributed by atoms with Crippen molar-refractivity contribution in [1.82, 2.24) is 15.3 Å². The van der Waals surface area contributed by atoms with Gasteiger partial charge in [0.25, 0.3) is 0 Å². The number of aromatic nitrogens is 2. The number of carbonyl (C=O) groups excluding carboxylic acids is 1. The van der Waals surface area contributed by atoms with Crippen LogP contribution in [0.15, 0.2) is 12.3 Å². The maximum absolute atomic E-state index is 12.7. The highest BCUT2D eigenvalue weighted by Crippen LogP contribution is 2.28. The number of hydrogen-bond acceptors (Lipinski definition) is 5. The Kier molecular flexibility index (Phi) is 5.19. The minimum absolute atomic E-state index is 0.0561. The van der Waals surface area contributed by atoms with Gasteiger partial charge in [-0.05, 0) is 39.7 Å². The van der Waals surface area contributed by atoms with Crippen molar-refractivity contribution in [2.45, 2.75) is 51.4 Å². The number of alkyl halides is 3. The van der Waals surface area contributed by atoms with Gasteiger partial charge in [0, 0.05) is 25.3 Å². The zero-order valence-corrected chi connectivity index (χ0v) is 13.9. The lowest BCUT2D eigenvalue weighted by atomic mass is 10.1. The van der Waals surface area contributed by atoms with Gasteiger partial charge in [0.15, 0.2) is 0 Å². The fraction of sp³-hybridized carbons (Fsp3) is 0.667. The summed E-state index contributed by atoms with van der Waals surface area (Å²) in [6.07, 6.45) is -2.71. The van der Waals surface area contributed by atoms with Gasteiger partial charge in [0.2, 0.25) is 5.95 Å². The normalized spacial score (nSPS) is 16.8. The van der Waals surface area contributed by atoms with E-state index in [0.717, 1.165) is 12.3 Å². The maximum atomic E-state index is 12.7. The van der Waals surface area contributed by atoms with Crippen LogP contribution in [0.25, 0.3) is 0 Å². The first-order valence-corrected chi connectivity index (χ1v) is 7.69. The van der Waals surface area contributed by atoms with E-state index in [1.54, 1.807) is 25.7 Å². The molecule has 134 valence electrons. The Labute approximate surface area is 138 Å². The quantitative estimate of drug-likeness (QED) is 0.892. The Morgan fingerprint density at radius 3 is 2.46 bits per heavy atom. The largest absolute Gasteiger partial charge is 0.444 e. The summed E-state index contributed by atoms with van der Waals surface area (Å²) in [5.41, 5.74) is -1.53. The SMILES string of the molecule is CC(C)(C)OC(=O)NC1CCN(c2nccc(C(F)(F)F)n2)CC1. The maximum Gasteiger partial charge on any atom is 0.433 e. The predicted octanol–water partition coefficient (Wildman–Crippen LogP) is 2.99. The summed E-state index contributed by atoms with van der Waals surface area (Å²) in [6.45, 7) is 6.25. The van der Waals surface area contributed by atoms with Crippen molar-refractivity contribution in [2.75, 3.05) is 18.0 Å². The van der Waals surface area contributed by atoms with Crippen molar-refractivity contribution in [1.29, 1.82) is 0 Å². The first-order valence-electron chi connectivity index (χ1n) is 7.69. The van der Waals surface area contributed by atoms with Crippen LogP contribution in [-0.4, -0.2) is 40.8 Å². The van der Waals surface area contributed by atoms with Crippen molar-refractivity contribution in [3.63, 3.8) is 0 Å². The van der Waals surface area contributed by atoms with Gasteiger partial charge in [-0.25, -0.2) is 14.8 Å². The lowest BCUT2D eigenvalue weighted by molar-refractivity contribution is -0.141. The minimum Gasteiger partial charge on any atom is -0.444 e.